The fraction of sp³-hybridized carbons (Fsp3) is 0.667. The molecule has 2 fully saturated rings. The molecule has 1 aromatic rings. The molecule has 0 saturated carbocycles. The second-order valence-electron chi connectivity index (χ2n) is 7.73. The van der Waals surface area contributed by atoms with Crippen molar-refractivity contribution in [2.24, 2.45) is 0 Å². The quantitative estimate of drug-likeness (QED) is 0.617. The molecule has 7 heteroatoms. The molecule has 0 atom stereocenters. The van der Waals surface area contributed by atoms with Gasteiger partial charge in [0.1, 0.15) is 5.82 Å². The van der Waals surface area contributed by atoms with Crippen molar-refractivity contribution in [1.29, 1.82) is 0 Å². The minimum atomic E-state index is -0.637. The lowest BCUT2D eigenvalue weighted by molar-refractivity contribution is 0.00578. The topological polar surface area (TPSA) is 60.9 Å². The van der Waals surface area contributed by atoms with Gasteiger partial charge in [-0.05, 0) is 53.0 Å². The van der Waals surface area contributed by atoms with Crippen LogP contribution in [0.1, 0.15) is 57.4 Å². The lowest BCUT2D eigenvalue weighted by Crippen LogP contribution is -2.41. The molecule has 0 N–H and O–H groups in total. The third-order valence-electron chi connectivity index (χ3n) is 5.48. The van der Waals surface area contributed by atoms with E-state index in [2.05, 4.69) is 9.88 Å². The maximum absolute atomic E-state index is 12.3. The smallest absolute Gasteiger partial charge is 0.464 e. The van der Waals surface area contributed by atoms with Gasteiger partial charge in [0.25, 0.3) is 0 Å². The van der Waals surface area contributed by atoms with Gasteiger partial charge in [-0.25, -0.2) is 9.78 Å². The van der Waals surface area contributed by atoms with Crippen LogP contribution in [0, 0.1) is 0 Å². The first-order valence-corrected chi connectivity index (χ1v) is 8.95. The number of nitrogens with zero attached hydrogens (tertiary/aromatic N) is 2. The van der Waals surface area contributed by atoms with Gasteiger partial charge >= 0.3 is 13.1 Å². The highest BCUT2D eigenvalue weighted by Crippen LogP contribution is 2.36. The zero-order valence-corrected chi connectivity index (χ0v) is 15.8. The van der Waals surface area contributed by atoms with Crippen LogP contribution in [0.2, 0.25) is 0 Å². The van der Waals surface area contributed by atoms with Crippen molar-refractivity contribution < 1.29 is 18.8 Å². The zero-order chi connectivity index (χ0) is 18.2. The number of rotatable bonds is 3. The van der Waals surface area contributed by atoms with Crippen LogP contribution in [0.25, 0.3) is 0 Å². The Morgan fingerprint density at radius 3 is 2.28 bits per heavy atom. The third kappa shape index (κ3) is 3.40. The fourth-order valence-corrected chi connectivity index (χ4v) is 3.18. The van der Waals surface area contributed by atoms with Gasteiger partial charge in [-0.3, -0.25) is 0 Å². The number of hydrogen-bond acceptors (Lipinski definition) is 6. The van der Waals surface area contributed by atoms with E-state index in [4.69, 9.17) is 14.0 Å². The second kappa shape index (κ2) is 6.61. The lowest BCUT2D eigenvalue weighted by Gasteiger charge is -2.32. The number of piperidine rings is 1. The molecule has 0 aliphatic carbocycles. The molecule has 0 aromatic carbocycles. The Kier molecular flexibility index (Phi) is 4.81. The maximum atomic E-state index is 12.3. The molecule has 2 saturated heterocycles. The van der Waals surface area contributed by atoms with Crippen molar-refractivity contribution in [3.63, 3.8) is 0 Å². The SMILES string of the molecule is COC(=O)c1nc(N2CCCCC2)ccc1B1OC(C)(C)C(C)(C)O1. The summed E-state index contributed by atoms with van der Waals surface area (Å²) in [7, 11) is 0.730. The highest BCUT2D eigenvalue weighted by Gasteiger charge is 2.52. The van der Waals surface area contributed by atoms with Crippen LogP contribution in [-0.4, -0.2) is 49.5 Å². The fourth-order valence-electron chi connectivity index (χ4n) is 3.18. The molecular weight excluding hydrogens is 319 g/mol. The molecule has 136 valence electrons. The predicted octanol–water partition coefficient (Wildman–Crippen LogP) is 2.16. The number of hydrogen-bond donors (Lipinski definition) is 0. The second-order valence-corrected chi connectivity index (χ2v) is 7.73. The summed E-state index contributed by atoms with van der Waals surface area (Å²) in [5, 5.41) is 0. The Balaban J connectivity index is 1.95. The van der Waals surface area contributed by atoms with Gasteiger partial charge in [0.05, 0.1) is 18.3 Å². The number of esters is 1. The van der Waals surface area contributed by atoms with Gasteiger partial charge in [-0.1, -0.05) is 6.07 Å². The van der Waals surface area contributed by atoms with Crippen molar-refractivity contribution in [2.75, 3.05) is 25.1 Å². The standard InChI is InChI=1S/C18H27BN2O4/c1-17(2)18(3,4)25-19(24-17)13-9-10-14(20-15(13)16(22)23-5)21-11-7-6-8-12-21/h9-10H,6-8,11-12H2,1-5H3. The van der Waals surface area contributed by atoms with E-state index >= 15 is 0 Å². The van der Waals surface area contributed by atoms with Crippen molar-refractivity contribution in [1.82, 2.24) is 4.98 Å². The summed E-state index contributed by atoms with van der Waals surface area (Å²) in [6.07, 6.45) is 3.54. The summed E-state index contributed by atoms with van der Waals surface area (Å²) in [6, 6.07) is 3.82. The first kappa shape index (κ1) is 18.2. The number of methoxy groups -OCH3 is 1. The van der Waals surface area contributed by atoms with E-state index < -0.39 is 24.3 Å². The van der Waals surface area contributed by atoms with Crippen LogP contribution in [0.5, 0.6) is 0 Å². The van der Waals surface area contributed by atoms with Crippen LogP contribution >= 0.6 is 0 Å². The monoisotopic (exact) mass is 346 g/mol. The van der Waals surface area contributed by atoms with Gasteiger partial charge in [0.15, 0.2) is 5.69 Å². The first-order chi connectivity index (χ1) is 11.7. The van der Waals surface area contributed by atoms with E-state index in [1.807, 2.05) is 39.8 Å². The molecule has 25 heavy (non-hydrogen) atoms. The highest BCUT2D eigenvalue weighted by molar-refractivity contribution is 6.63. The highest BCUT2D eigenvalue weighted by atomic mass is 16.7. The van der Waals surface area contributed by atoms with Crippen molar-refractivity contribution in [3.05, 3.63) is 17.8 Å². The number of carbonyl (C=O) groups is 1. The summed E-state index contributed by atoms with van der Waals surface area (Å²) in [6.45, 7) is 9.87. The van der Waals surface area contributed by atoms with Gasteiger partial charge in [-0.2, -0.15) is 0 Å². The molecule has 3 heterocycles. The normalized spacial score (nSPS) is 22.1. The van der Waals surface area contributed by atoms with Crippen molar-refractivity contribution in [2.45, 2.75) is 58.2 Å². The molecule has 0 amide bonds. The van der Waals surface area contributed by atoms with E-state index in [9.17, 15) is 4.79 Å². The molecule has 2 aliphatic heterocycles. The first-order valence-electron chi connectivity index (χ1n) is 8.95. The van der Waals surface area contributed by atoms with Gasteiger partial charge in [0, 0.05) is 18.6 Å². The van der Waals surface area contributed by atoms with Crippen LogP contribution in [0.3, 0.4) is 0 Å². The summed E-state index contributed by atoms with van der Waals surface area (Å²) < 4.78 is 17.1. The molecular formula is C18H27BN2O4. The van der Waals surface area contributed by atoms with Crippen molar-refractivity contribution >= 4 is 24.4 Å². The number of anilines is 1. The number of pyridine rings is 1. The maximum Gasteiger partial charge on any atom is 0.497 e. The van der Waals surface area contributed by atoms with E-state index in [-0.39, 0.29) is 5.69 Å². The van der Waals surface area contributed by atoms with Crippen molar-refractivity contribution in [3.8, 4) is 0 Å². The van der Waals surface area contributed by atoms with Crippen LogP contribution in [-0.2, 0) is 14.0 Å². The van der Waals surface area contributed by atoms with Gasteiger partial charge < -0.3 is 18.9 Å². The Morgan fingerprint density at radius 2 is 1.72 bits per heavy atom. The summed E-state index contributed by atoms with van der Waals surface area (Å²) in [5.41, 5.74) is -0.0666. The largest absolute Gasteiger partial charge is 0.497 e. The van der Waals surface area contributed by atoms with E-state index in [1.165, 1.54) is 13.5 Å². The van der Waals surface area contributed by atoms with Gasteiger partial charge in [0.2, 0.25) is 0 Å². The minimum absolute atomic E-state index is 0.268. The minimum Gasteiger partial charge on any atom is -0.464 e. The summed E-state index contributed by atoms with van der Waals surface area (Å²) >= 11 is 0. The van der Waals surface area contributed by atoms with Gasteiger partial charge in [-0.15, -0.1) is 0 Å². The average Bonchev–Trinajstić information content (AvgIpc) is 2.82. The van der Waals surface area contributed by atoms with E-state index in [0.29, 0.717) is 5.46 Å². The molecule has 0 radical (unpaired) electrons. The summed E-state index contributed by atoms with van der Waals surface area (Å²) in [4.78, 5) is 19.1. The van der Waals surface area contributed by atoms with Crippen LogP contribution in [0.4, 0.5) is 5.82 Å². The third-order valence-corrected chi connectivity index (χ3v) is 5.48. The predicted molar refractivity (Wildman–Crippen MR) is 97.4 cm³/mol. The molecule has 6 nitrogen and oxygen atoms in total. The zero-order valence-electron chi connectivity index (χ0n) is 15.8. The molecule has 2 aliphatic rings. The Labute approximate surface area is 150 Å². The van der Waals surface area contributed by atoms with Crippen LogP contribution < -0.4 is 10.4 Å². The Hall–Kier alpha value is -1.60. The molecule has 3 rings (SSSR count). The molecule has 0 unspecified atom stereocenters. The Bertz CT molecular complexity index is 640. The molecule has 0 bridgehead atoms. The average molecular weight is 346 g/mol. The van der Waals surface area contributed by atoms with Crippen LogP contribution in [0.15, 0.2) is 12.1 Å². The number of ether oxygens (including phenoxy) is 1. The lowest BCUT2D eigenvalue weighted by atomic mass is 9.77. The molecule has 0 spiro atoms. The van der Waals surface area contributed by atoms with E-state index in [1.54, 1.807) is 0 Å². The molecule has 1 aromatic heterocycles. The van der Waals surface area contributed by atoms with E-state index in [0.717, 1.165) is 31.7 Å². The number of aromatic nitrogens is 1. The number of carbonyl (C=O) groups excluding carboxylic acids is 1. The summed E-state index contributed by atoms with van der Waals surface area (Å²) in [5.74, 6) is 0.337. The Morgan fingerprint density at radius 1 is 1.12 bits per heavy atom.